The number of ketones is 1. The number of hydrogen-bond donors (Lipinski definition) is 0. The van der Waals surface area contributed by atoms with Crippen LogP contribution in [0.25, 0.3) is 0 Å². The predicted molar refractivity (Wildman–Crippen MR) is 96.4 cm³/mol. The minimum atomic E-state index is -0.603. The summed E-state index contributed by atoms with van der Waals surface area (Å²) in [6.45, 7) is 6.02. The largest absolute Gasteiger partial charge is 0.495 e. The molecule has 3 rings (SSSR count). The average molecular weight is 353 g/mol. The minimum absolute atomic E-state index is 0.0736. The molecule has 1 aliphatic heterocycles. The lowest BCUT2D eigenvalue weighted by Gasteiger charge is -2.38. The van der Waals surface area contributed by atoms with Crippen molar-refractivity contribution in [3.63, 3.8) is 0 Å². The zero-order valence-electron chi connectivity index (χ0n) is 15.2. The molecule has 1 aliphatic carbocycles. The van der Waals surface area contributed by atoms with E-state index >= 15 is 0 Å². The van der Waals surface area contributed by atoms with E-state index < -0.39 is 5.60 Å². The van der Waals surface area contributed by atoms with Crippen LogP contribution in [0.2, 0.25) is 0 Å². The average Bonchev–Trinajstić information content (AvgIpc) is 3.06. The van der Waals surface area contributed by atoms with E-state index in [2.05, 4.69) is 19.6 Å². The summed E-state index contributed by atoms with van der Waals surface area (Å²) >= 11 is 0. The summed E-state index contributed by atoms with van der Waals surface area (Å²) in [5, 5.41) is 9.30. The molecule has 1 fully saturated rings. The molecular formula is C21H23NO4. The number of methoxy groups -OCH3 is 1. The normalized spacial score (nSPS) is 25.5. The summed E-state index contributed by atoms with van der Waals surface area (Å²) in [6.07, 6.45) is 5.29. The van der Waals surface area contributed by atoms with Crippen molar-refractivity contribution in [2.24, 2.45) is 11.8 Å². The van der Waals surface area contributed by atoms with Gasteiger partial charge in [-0.3, -0.25) is 4.79 Å². The van der Waals surface area contributed by atoms with Gasteiger partial charge in [-0.1, -0.05) is 19.1 Å². The first-order chi connectivity index (χ1) is 12.5. The summed E-state index contributed by atoms with van der Waals surface area (Å²) in [7, 11) is 1.55. The fraction of sp³-hybridized carbons (Fsp3) is 0.429. The van der Waals surface area contributed by atoms with Gasteiger partial charge in [0.25, 0.3) is 0 Å². The van der Waals surface area contributed by atoms with Crippen molar-refractivity contribution in [1.29, 1.82) is 5.26 Å². The van der Waals surface area contributed by atoms with Crippen LogP contribution >= 0.6 is 0 Å². The Hall–Kier alpha value is -2.58. The molecule has 1 saturated heterocycles. The van der Waals surface area contributed by atoms with Crippen molar-refractivity contribution in [2.75, 3.05) is 13.9 Å². The van der Waals surface area contributed by atoms with Crippen LogP contribution in [-0.4, -0.2) is 25.3 Å². The number of rotatable bonds is 6. The van der Waals surface area contributed by atoms with E-state index in [-0.39, 0.29) is 24.4 Å². The number of allylic oxidation sites excluding steroid dienone is 2. The maximum atomic E-state index is 12.3. The molecule has 1 aromatic rings. The number of nitriles is 1. The van der Waals surface area contributed by atoms with Gasteiger partial charge in [0.1, 0.15) is 23.2 Å². The standard InChI is InChI=1S/C21H23NO4/c1-4-5-16-11-21(20(10-18(16)23)25-13-26-21)14(2)8-15-6-7-19(24-3)17(9-15)12-22/h4,6-7,9-10,14,16H,1,5,8,11,13H2,2-3H3/t14-,16-,21+/m0/s1. The Morgan fingerprint density at radius 3 is 3.04 bits per heavy atom. The third kappa shape index (κ3) is 3.13. The van der Waals surface area contributed by atoms with Crippen molar-refractivity contribution in [3.05, 3.63) is 53.8 Å². The fourth-order valence-electron chi connectivity index (χ4n) is 3.90. The molecule has 0 radical (unpaired) electrons. The molecular weight excluding hydrogens is 330 g/mol. The molecule has 1 heterocycles. The third-order valence-electron chi connectivity index (χ3n) is 5.35. The maximum absolute atomic E-state index is 12.3. The minimum Gasteiger partial charge on any atom is -0.495 e. The smallest absolute Gasteiger partial charge is 0.189 e. The van der Waals surface area contributed by atoms with Gasteiger partial charge in [-0.25, -0.2) is 0 Å². The Morgan fingerprint density at radius 2 is 2.35 bits per heavy atom. The highest BCUT2D eigenvalue weighted by molar-refractivity contribution is 5.93. The Labute approximate surface area is 153 Å². The van der Waals surface area contributed by atoms with Crippen LogP contribution < -0.4 is 4.74 Å². The Kier molecular flexibility index (Phi) is 5.15. The maximum Gasteiger partial charge on any atom is 0.189 e. The zero-order chi connectivity index (χ0) is 18.7. The van der Waals surface area contributed by atoms with Crippen LogP contribution in [0.4, 0.5) is 0 Å². The highest BCUT2D eigenvalue weighted by Crippen LogP contribution is 2.46. The van der Waals surface area contributed by atoms with Gasteiger partial charge in [-0.2, -0.15) is 5.26 Å². The van der Waals surface area contributed by atoms with Gasteiger partial charge in [0.2, 0.25) is 0 Å². The molecule has 0 amide bonds. The van der Waals surface area contributed by atoms with E-state index in [1.807, 2.05) is 18.2 Å². The molecule has 26 heavy (non-hydrogen) atoms. The Balaban J connectivity index is 1.87. The SMILES string of the molecule is C=CC[C@H]1C[C@]2([C@@H](C)Cc3ccc(OC)c(C#N)c3)OCOC2=CC1=O. The highest BCUT2D eigenvalue weighted by atomic mass is 16.7. The molecule has 0 N–H and O–H groups in total. The van der Waals surface area contributed by atoms with Crippen LogP contribution in [0, 0.1) is 23.2 Å². The number of fused-ring (bicyclic) bond motifs is 1. The topological polar surface area (TPSA) is 68.6 Å². The fourth-order valence-corrected chi connectivity index (χ4v) is 3.90. The predicted octanol–water partition coefficient (Wildman–Crippen LogP) is 3.54. The lowest BCUT2D eigenvalue weighted by molar-refractivity contribution is -0.123. The summed E-state index contributed by atoms with van der Waals surface area (Å²) < 4.78 is 16.9. The molecule has 5 heteroatoms. The van der Waals surface area contributed by atoms with E-state index in [1.54, 1.807) is 19.3 Å². The van der Waals surface area contributed by atoms with Crippen LogP contribution in [0.15, 0.2) is 42.7 Å². The summed E-state index contributed by atoms with van der Waals surface area (Å²) in [4.78, 5) is 12.3. The first kappa shape index (κ1) is 18.2. The van der Waals surface area contributed by atoms with Crippen LogP contribution in [0.1, 0.15) is 30.9 Å². The number of carbonyl (C=O) groups excluding carboxylic acids is 1. The summed E-state index contributed by atoms with van der Waals surface area (Å²) in [5.41, 5.74) is 0.933. The van der Waals surface area contributed by atoms with E-state index in [1.165, 1.54) is 0 Å². The van der Waals surface area contributed by atoms with Crippen LogP contribution in [0.3, 0.4) is 0 Å². The van der Waals surface area contributed by atoms with Crippen LogP contribution in [0.5, 0.6) is 5.75 Å². The molecule has 0 spiro atoms. The molecule has 2 aliphatic rings. The Bertz CT molecular complexity index is 792. The van der Waals surface area contributed by atoms with E-state index in [9.17, 15) is 10.1 Å². The van der Waals surface area contributed by atoms with Gasteiger partial charge in [-0.15, -0.1) is 6.58 Å². The van der Waals surface area contributed by atoms with E-state index in [4.69, 9.17) is 14.2 Å². The molecule has 0 aromatic heterocycles. The van der Waals surface area contributed by atoms with Gasteiger partial charge in [0, 0.05) is 12.0 Å². The van der Waals surface area contributed by atoms with Gasteiger partial charge in [0.15, 0.2) is 12.6 Å². The lowest BCUT2D eigenvalue weighted by atomic mass is 9.71. The molecule has 3 atom stereocenters. The van der Waals surface area contributed by atoms with Crippen molar-refractivity contribution in [2.45, 2.75) is 31.8 Å². The highest BCUT2D eigenvalue weighted by Gasteiger charge is 2.51. The van der Waals surface area contributed by atoms with Crippen molar-refractivity contribution in [3.8, 4) is 11.8 Å². The van der Waals surface area contributed by atoms with Crippen molar-refractivity contribution < 1.29 is 19.0 Å². The van der Waals surface area contributed by atoms with Crippen LogP contribution in [-0.2, 0) is 20.7 Å². The molecule has 5 nitrogen and oxygen atoms in total. The molecule has 0 bridgehead atoms. The molecule has 1 aromatic carbocycles. The summed E-state index contributed by atoms with van der Waals surface area (Å²) in [5.74, 6) is 1.22. The van der Waals surface area contributed by atoms with Gasteiger partial charge in [0.05, 0.1) is 12.7 Å². The second kappa shape index (κ2) is 7.35. The quantitative estimate of drug-likeness (QED) is 0.732. The van der Waals surface area contributed by atoms with E-state index in [0.717, 1.165) is 5.56 Å². The second-order valence-electron chi connectivity index (χ2n) is 6.88. The van der Waals surface area contributed by atoms with Crippen molar-refractivity contribution >= 4 is 5.78 Å². The summed E-state index contributed by atoms with van der Waals surface area (Å²) in [6, 6.07) is 7.78. The number of hydrogen-bond acceptors (Lipinski definition) is 5. The first-order valence-electron chi connectivity index (χ1n) is 8.74. The molecule has 0 unspecified atom stereocenters. The third-order valence-corrected chi connectivity index (χ3v) is 5.35. The number of nitrogens with zero attached hydrogens (tertiary/aromatic N) is 1. The number of ether oxygens (including phenoxy) is 3. The molecule has 136 valence electrons. The monoisotopic (exact) mass is 353 g/mol. The van der Waals surface area contributed by atoms with E-state index in [0.29, 0.717) is 36.3 Å². The van der Waals surface area contributed by atoms with Gasteiger partial charge < -0.3 is 14.2 Å². The van der Waals surface area contributed by atoms with Gasteiger partial charge in [-0.05, 0) is 42.9 Å². The first-order valence-corrected chi connectivity index (χ1v) is 8.74. The Morgan fingerprint density at radius 1 is 1.54 bits per heavy atom. The zero-order valence-corrected chi connectivity index (χ0v) is 15.2. The van der Waals surface area contributed by atoms with Crippen molar-refractivity contribution in [1.82, 2.24) is 0 Å². The lowest BCUT2D eigenvalue weighted by Crippen LogP contribution is -2.44. The number of carbonyl (C=O) groups is 1. The second-order valence-corrected chi connectivity index (χ2v) is 6.88. The molecule has 0 saturated carbocycles. The number of benzene rings is 1. The van der Waals surface area contributed by atoms with Gasteiger partial charge >= 0.3 is 0 Å².